The van der Waals surface area contributed by atoms with Gasteiger partial charge in [0.1, 0.15) is 11.5 Å². The van der Waals surface area contributed by atoms with E-state index in [0.29, 0.717) is 6.54 Å². The number of nitrogens with zero attached hydrogens (tertiary/aromatic N) is 3. The summed E-state index contributed by atoms with van der Waals surface area (Å²) in [5.74, 6) is 1.31. The zero-order valence-electron chi connectivity index (χ0n) is 16.0. The summed E-state index contributed by atoms with van der Waals surface area (Å²) in [5, 5.41) is 6.60. The minimum Gasteiger partial charge on any atom is -0.356 e. The van der Waals surface area contributed by atoms with E-state index in [1.54, 1.807) is 24.9 Å². The van der Waals surface area contributed by atoms with Crippen molar-refractivity contribution in [3.05, 3.63) is 71.4 Å². The molecule has 1 aromatic carbocycles. The predicted molar refractivity (Wildman–Crippen MR) is 126 cm³/mol. The van der Waals surface area contributed by atoms with E-state index in [-0.39, 0.29) is 29.8 Å². The summed E-state index contributed by atoms with van der Waals surface area (Å²) >= 11 is 1.68. The third kappa shape index (κ3) is 6.10. The van der Waals surface area contributed by atoms with E-state index < -0.39 is 0 Å². The maximum Gasteiger partial charge on any atom is 0.191 e. The molecular weight excluding hydrogens is 488 g/mol. The molecule has 8 heteroatoms. The van der Waals surface area contributed by atoms with Gasteiger partial charge in [0.05, 0.1) is 5.69 Å². The van der Waals surface area contributed by atoms with Crippen LogP contribution >= 0.6 is 35.7 Å². The van der Waals surface area contributed by atoms with E-state index in [0.717, 1.165) is 47.1 Å². The Balaban J connectivity index is 0.00000280. The smallest absolute Gasteiger partial charge is 0.191 e. The van der Waals surface area contributed by atoms with Crippen LogP contribution in [-0.4, -0.2) is 35.2 Å². The van der Waals surface area contributed by atoms with E-state index >= 15 is 0 Å². The molecule has 0 unspecified atom stereocenters. The van der Waals surface area contributed by atoms with Crippen LogP contribution in [0.25, 0.3) is 5.65 Å². The molecule has 0 aliphatic heterocycles. The number of pyridine rings is 1. The Bertz CT molecular complexity index is 895. The first kappa shape index (κ1) is 22.5. The number of hydrogen-bond donors (Lipinski definition) is 2. The summed E-state index contributed by atoms with van der Waals surface area (Å²) in [6.07, 6.45) is 6.85. The molecule has 150 valence electrons. The Kier molecular flexibility index (Phi) is 9.04. The largest absolute Gasteiger partial charge is 0.356 e. The Hall–Kier alpha value is -1.81. The van der Waals surface area contributed by atoms with Crippen LogP contribution in [0, 0.1) is 5.82 Å². The zero-order valence-corrected chi connectivity index (χ0v) is 19.1. The lowest BCUT2D eigenvalue weighted by molar-refractivity contribution is 0.625. The van der Waals surface area contributed by atoms with E-state index in [2.05, 4.69) is 20.6 Å². The molecule has 2 heterocycles. The average Bonchev–Trinajstić information content (AvgIpc) is 3.09. The van der Waals surface area contributed by atoms with E-state index in [9.17, 15) is 4.39 Å². The van der Waals surface area contributed by atoms with Crippen molar-refractivity contribution in [2.24, 2.45) is 4.99 Å². The molecule has 0 spiro atoms. The molecular formula is C20H25FIN5S. The van der Waals surface area contributed by atoms with Crippen molar-refractivity contribution in [2.75, 3.05) is 19.8 Å². The molecule has 0 atom stereocenters. The number of hydrogen-bond acceptors (Lipinski definition) is 3. The standard InChI is InChI=1S/C20H24FN5S.HI/c1-22-20(24-12-15-6-7-17(21)11-16(15)14-27-2)23-9-8-18-13-26-10-4-3-5-19(26)25-18;/h3-7,10-11,13H,8-9,12,14H2,1-2H3,(H2,22,23,24);1H. The maximum absolute atomic E-state index is 13.5. The van der Waals surface area contributed by atoms with Gasteiger partial charge in [0.2, 0.25) is 0 Å². The van der Waals surface area contributed by atoms with Crippen molar-refractivity contribution in [1.29, 1.82) is 0 Å². The Morgan fingerprint density at radius 3 is 2.82 bits per heavy atom. The topological polar surface area (TPSA) is 53.7 Å². The molecule has 2 N–H and O–H groups in total. The first-order chi connectivity index (χ1) is 13.2. The summed E-state index contributed by atoms with van der Waals surface area (Å²) < 4.78 is 15.5. The highest BCUT2D eigenvalue weighted by atomic mass is 127. The molecule has 0 fully saturated rings. The van der Waals surface area contributed by atoms with Gasteiger partial charge in [0.15, 0.2) is 5.96 Å². The molecule has 0 saturated heterocycles. The third-order valence-electron chi connectivity index (χ3n) is 4.23. The summed E-state index contributed by atoms with van der Waals surface area (Å²) in [6.45, 7) is 1.33. The van der Waals surface area contributed by atoms with E-state index in [4.69, 9.17) is 0 Å². The van der Waals surface area contributed by atoms with Gasteiger partial charge in [-0.25, -0.2) is 9.37 Å². The average molecular weight is 513 g/mol. The number of rotatable bonds is 7. The Labute approximate surface area is 186 Å². The summed E-state index contributed by atoms with van der Waals surface area (Å²) in [6, 6.07) is 10.9. The lowest BCUT2D eigenvalue weighted by Crippen LogP contribution is -2.38. The zero-order chi connectivity index (χ0) is 19.1. The van der Waals surface area contributed by atoms with Gasteiger partial charge in [0.25, 0.3) is 0 Å². The molecule has 5 nitrogen and oxygen atoms in total. The van der Waals surface area contributed by atoms with Crippen molar-refractivity contribution in [2.45, 2.75) is 18.7 Å². The molecule has 3 aromatic rings. The van der Waals surface area contributed by atoms with Crippen LogP contribution in [-0.2, 0) is 18.7 Å². The highest BCUT2D eigenvalue weighted by Gasteiger charge is 2.06. The second kappa shape index (κ2) is 11.3. The van der Waals surface area contributed by atoms with Crippen LogP contribution in [0.2, 0.25) is 0 Å². The summed E-state index contributed by atoms with van der Waals surface area (Å²) in [4.78, 5) is 8.85. The van der Waals surface area contributed by atoms with Crippen molar-refractivity contribution in [3.63, 3.8) is 0 Å². The lowest BCUT2D eigenvalue weighted by atomic mass is 10.1. The molecule has 0 radical (unpaired) electrons. The van der Waals surface area contributed by atoms with Gasteiger partial charge in [-0.1, -0.05) is 12.1 Å². The summed E-state index contributed by atoms with van der Waals surface area (Å²) in [7, 11) is 1.74. The van der Waals surface area contributed by atoms with Crippen LogP contribution in [0.1, 0.15) is 16.8 Å². The van der Waals surface area contributed by atoms with Crippen LogP contribution in [0.15, 0.2) is 53.8 Å². The van der Waals surface area contributed by atoms with Gasteiger partial charge >= 0.3 is 0 Å². The molecule has 0 saturated carbocycles. The Morgan fingerprint density at radius 2 is 2.07 bits per heavy atom. The van der Waals surface area contributed by atoms with Gasteiger partial charge in [-0.3, -0.25) is 4.99 Å². The normalized spacial score (nSPS) is 11.3. The first-order valence-electron chi connectivity index (χ1n) is 8.83. The third-order valence-corrected chi connectivity index (χ3v) is 4.83. The second-order valence-electron chi connectivity index (χ2n) is 6.15. The second-order valence-corrected chi connectivity index (χ2v) is 7.01. The van der Waals surface area contributed by atoms with Gasteiger partial charge < -0.3 is 15.0 Å². The fourth-order valence-corrected chi connectivity index (χ4v) is 3.45. The highest BCUT2D eigenvalue weighted by Crippen LogP contribution is 2.16. The first-order valence-corrected chi connectivity index (χ1v) is 10.2. The minimum absolute atomic E-state index is 0. The number of aromatic nitrogens is 2. The number of aliphatic imine (C=N–C) groups is 1. The molecule has 28 heavy (non-hydrogen) atoms. The number of benzene rings is 1. The SMILES string of the molecule is CN=C(NCCc1cn2ccccc2n1)NCc1ccc(F)cc1CSC.I. The van der Waals surface area contributed by atoms with Crippen molar-refractivity contribution in [3.8, 4) is 0 Å². The molecule has 0 aliphatic carbocycles. The van der Waals surface area contributed by atoms with Gasteiger partial charge in [0, 0.05) is 44.7 Å². The van der Waals surface area contributed by atoms with Crippen LogP contribution < -0.4 is 10.6 Å². The van der Waals surface area contributed by atoms with Gasteiger partial charge in [-0.2, -0.15) is 11.8 Å². The summed E-state index contributed by atoms with van der Waals surface area (Å²) in [5.41, 5.74) is 4.07. The number of guanidine groups is 1. The van der Waals surface area contributed by atoms with Crippen LogP contribution in [0.4, 0.5) is 4.39 Å². The predicted octanol–water partition coefficient (Wildman–Crippen LogP) is 3.86. The maximum atomic E-state index is 13.5. The number of imidazole rings is 1. The number of fused-ring (bicyclic) bond motifs is 1. The quantitative estimate of drug-likeness (QED) is 0.286. The monoisotopic (exact) mass is 513 g/mol. The minimum atomic E-state index is -0.197. The lowest BCUT2D eigenvalue weighted by Gasteiger charge is -2.14. The van der Waals surface area contributed by atoms with Crippen molar-refractivity contribution < 1.29 is 4.39 Å². The molecule has 0 aliphatic rings. The number of thioether (sulfide) groups is 1. The number of nitrogens with one attached hydrogen (secondary N) is 2. The van der Waals surface area contributed by atoms with Crippen molar-refractivity contribution in [1.82, 2.24) is 20.0 Å². The Morgan fingerprint density at radius 1 is 1.21 bits per heavy atom. The van der Waals surface area contributed by atoms with Crippen LogP contribution in [0.5, 0.6) is 0 Å². The molecule has 0 amide bonds. The fraction of sp³-hybridized carbons (Fsp3) is 0.300. The van der Waals surface area contributed by atoms with E-state index in [1.165, 1.54) is 6.07 Å². The number of halogens is 2. The molecule has 2 aromatic heterocycles. The van der Waals surface area contributed by atoms with Crippen LogP contribution in [0.3, 0.4) is 0 Å². The molecule has 3 rings (SSSR count). The fourth-order valence-electron chi connectivity index (χ4n) is 2.87. The van der Waals surface area contributed by atoms with Gasteiger partial charge in [-0.15, -0.1) is 24.0 Å². The highest BCUT2D eigenvalue weighted by molar-refractivity contribution is 14.0. The van der Waals surface area contributed by atoms with Crippen molar-refractivity contribution >= 4 is 47.3 Å². The van der Waals surface area contributed by atoms with Gasteiger partial charge in [-0.05, 0) is 41.6 Å². The molecule has 0 bridgehead atoms. The van der Waals surface area contributed by atoms with E-state index in [1.807, 2.05) is 47.3 Å².